The van der Waals surface area contributed by atoms with Crippen LogP contribution in [0.5, 0.6) is 0 Å². The molecule has 0 saturated carbocycles. The first kappa shape index (κ1) is 16.0. The van der Waals surface area contributed by atoms with Crippen molar-refractivity contribution in [1.29, 1.82) is 0 Å². The number of nitrogens with two attached hydrogens (primary N) is 1. The van der Waals surface area contributed by atoms with Crippen molar-refractivity contribution in [2.24, 2.45) is 5.73 Å². The molecule has 2 aromatic rings. The quantitative estimate of drug-likeness (QED) is 0.839. The number of halogens is 1. The molecular weight excluding hydrogens is 300 g/mol. The van der Waals surface area contributed by atoms with E-state index in [2.05, 4.69) is 31.0 Å². The van der Waals surface area contributed by atoms with Gasteiger partial charge in [-0.2, -0.15) is 0 Å². The van der Waals surface area contributed by atoms with E-state index in [4.69, 9.17) is 29.6 Å². The lowest BCUT2D eigenvalue weighted by atomic mass is 10.0. The Morgan fingerprint density at radius 1 is 1.24 bits per heavy atom. The minimum absolute atomic E-state index is 0.253. The molecule has 1 atom stereocenters. The molecule has 0 bridgehead atoms. The summed E-state index contributed by atoms with van der Waals surface area (Å²) in [5.74, 6) is 0. The summed E-state index contributed by atoms with van der Waals surface area (Å²) in [6, 6.07) is 16.2. The number of hydrogen-bond donors (Lipinski definition) is 1. The lowest BCUT2D eigenvalue weighted by molar-refractivity contribution is 0.253. The van der Waals surface area contributed by atoms with Crippen LogP contribution in [-0.4, -0.2) is 16.9 Å². The van der Waals surface area contributed by atoms with E-state index in [-0.39, 0.29) is 6.04 Å². The van der Waals surface area contributed by atoms with Gasteiger partial charge in [0.15, 0.2) is 0 Å². The second-order valence-electron chi connectivity index (χ2n) is 5.17. The highest BCUT2D eigenvalue weighted by atomic mass is 35.5. The Balaban J connectivity index is 2.18. The van der Waals surface area contributed by atoms with Gasteiger partial charge in [0.25, 0.3) is 0 Å². The molecule has 0 fully saturated rings. The molecule has 0 amide bonds. The first-order chi connectivity index (χ1) is 9.99. The summed E-state index contributed by atoms with van der Waals surface area (Å²) in [5.41, 5.74) is 9.07. The monoisotopic (exact) mass is 318 g/mol. The minimum atomic E-state index is 0.253. The van der Waals surface area contributed by atoms with E-state index in [1.807, 2.05) is 36.4 Å². The van der Waals surface area contributed by atoms with Crippen LogP contribution in [0.1, 0.15) is 29.7 Å². The second kappa shape index (κ2) is 7.03. The molecule has 2 rings (SSSR count). The van der Waals surface area contributed by atoms with Crippen molar-refractivity contribution < 1.29 is 0 Å². The summed E-state index contributed by atoms with van der Waals surface area (Å²) in [4.78, 5) is 2.69. The fourth-order valence-electron chi connectivity index (χ4n) is 2.33. The maximum absolute atomic E-state index is 6.07. The molecule has 0 aliphatic heterocycles. The fraction of sp³-hybridized carbons (Fsp3) is 0.235. The third-order valence-electron chi connectivity index (χ3n) is 3.69. The molecule has 2 aromatic carbocycles. The molecule has 0 aromatic heterocycles. The lowest BCUT2D eigenvalue weighted by Gasteiger charge is -2.26. The number of rotatable bonds is 5. The molecule has 110 valence electrons. The molecular formula is C17H19ClN2S. The van der Waals surface area contributed by atoms with Gasteiger partial charge in [0.05, 0.1) is 0 Å². The summed E-state index contributed by atoms with van der Waals surface area (Å²) < 4.78 is 0. The van der Waals surface area contributed by atoms with Crippen molar-refractivity contribution in [3.05, 3.63) is 70.2 Å². The average molecular weight is 319 g/mol. The Labute approximate surface area is 136 Å². The summed E-state index contributed by atoms with van der Waals surface area (Å²) in [6.07, 6.45) is 0. The van der Waals surface area contributed by atoms with Gasteiger partial charge in [-0.3, -0.25) is 4.90 Å². The number of hydrogen-bond acceptors (Lipinski definition) is 2. The van der Waals surface area contributed by atoms with Crippen LogP contribution in [-0.2, 0) is 6.54 Å². The molecule has 0 aliphatic carbocycles. The molecule has 2 N–H and O–H groups in total. The zero-order chi connectivity index (χ0) is 15.4. The van der Waals surface area contributed by atoms with E-state index in [1.165, 1.54) is 5.56 Å². The molecule has 0 spiro atoms. The average Bonchev–Trinajstić information content (AvgIpc) is 2.46. The summed E-state index contributed by atoms with van der Waals surface area (Å²) >= 11 is 11.2. The van der Waals surface area contributed by atoms with Crippen LogP contribution >= 0.6 is 23.8 Å². The SMILES string of the molecule is CC(c1cccc(Cl)c1)N(C)Cc1ccccc1C(N)=S. The lowest BCUT2D eigenvalue weighted by Crippen LogP contribution is -2.24. The van der Waals surface area contributed by atoms with E-state index in [0.29, 0.717) is 4.99 Å². The Morgan fingerprint density at radius 2 is 1.95 bits per heavy atom. The maximum atomic E-state index is 6.07. The van der Waals surface area contributed by atoms with Gasteiger partial charge in [-0.25, -0.2) is 0 Å². The van der Waals surface area contributed by atoms with E-state index < -0.39 is 0 Å². The highest BCUT2D eigenvalue weighted by molar-refractivity contribution is 7.80. The Hall–Kier alpha value is -1.42. The van der Waals surface area contributed by atoms with Crippen molar-refractivity contribution in [2.45, 2.75) is 19.5 Å². The molecule has 4 heteroatoms. The van der Waals surface area contributed by atoms with Gasteiger partial charge in [-0.1, -0.05) is 60.2 Å². The molecule has 21 heavy (non-hydrogen) atoms. The molecule has 0 heterocycles. The molecule has 0 saturated heterocycles. The number of nitrogens with zero attached hydrogens (tertiary/aromatic N) is 1. The molecule has 0 aliphatic rings. The van der Waals surface area contributed by atoms with E-state index in [0.717, 1.165) is 22.7 Å². The Morgan fingerprint density at radius 3 is 2.62 bits per heavy atom. The van der Waals surface area contributed by atoms with Crippen LogP contribution in [0.2, 0.25) is 5.02 Å². The van der Waals surface area contributed by atoms with Crippen LogP contribution in [0.25, 0.3) is 0 Å². The van der Waals surface area contributed by atoms with Crippen molar-refractivity contribution in [3.63, 3.8) is 0 Å². The van der Waals surface area contributed by atoms with Crippen LogP contribution in [0.4, 0.5) is 0 Å². The van der Waals surface area contributed by atoms with Crippen molar-refractivity contribution in [1.82, 2.24) is 4.90 Å². The van der Waals surface area contributed by atoms with Gasteiger partial charge in [0.1, 0.15) is 4.99 Å². The normalized spacial score (nSPS) is 12.4. The van der Waals surface area contributed by atoms with Crippen LogP contribution in [0, 0.1) is 0 Å². The maximum Gasteiger partial charge on any atom is 0.104 e. The number of thiocarbonyl (C=S) groups is 1. The largest absolute Gasteiger partial charge is 0.389 e. The van der Waals surface area contributed by atoms with Gasteiger partial charge < -0.3 is 5.73 Å². The van der Waals surface area contributed by atoms with Crippen molar-refractivity contribution >= 4 is 28.8 Å². The molecule has 2 nitrogen and oxygen atoms in total. The van der Waals surface area contributed by atoms with Crippen LogP contribution in [0.3, 0.4) is 0 Å². The van der Waals surface area contributed by atoms with Crippen molar-refractivity contribution in [3.8, 4) is 0 Å². The summed E-state index contributed by atoms with van der Waals surface area (Å²) in [5, 5.41) is 0.760. The first-order valence-electron chi connectivity index (χ1n) is 6.82. The van der Waals surface area contributed by atoms with E-state index in [9.17, 15) is 0 Å². The minimum Gasteiger partial charge on any atom is -0.389 e. The van der Waals surface area contributed by atoms with E-state index in [1.54, 1.807) is 0 Å². The highest BCUT2D eigenvalue weighted by Gasteiger charge is 2.14. The van der Waals surface area contributed by atoms with Gasteiger partial charge in [-0.15, -0.1) is 0 Å². The fourth-order valence-corrected chi connectivity index (χ4v) is 2.72. The highest BCUT2D eigenvalue weighted by Crippen LogP contribution is 2.24. The summed E-state index contributed by atoms with van der Waals surface area (Å²) in [7, 11) is 2.09. The smallest absolute Gasteiger partial charge is 0.104 e. The van der Waals surface area contributed by atoms with Crippen LogP contribution < -0.4 is 5.73 Å². The molecule has 0 radical (unpaired) electrons. The summed E-state index contributed by atoms with van der Waals surface area (Å²) in [6.45, 7) is 2.94. The van der Waals surface area contributed by atoms with Gasteiger partial charge in [-0.05, 0) is 37.2 Å². The van der Waals surface area contributed by atoms with Gasteiger partial charge >= 0.3 is 0 Å². The predicted octanol–water partition coefficient (Wildman–Crippen LogP) is 4.17. The predicted molar refractivity (Wildman–Crippen MR) is 93.7 cm³/mol. The third-order valence-corrected chi connectivity index (χ3v) is 4.15. The Kier molecular flexibility index (Phi) is 5.34. The molecule has 1 unspecified atom stereocenters. The third kappa shape index (κ3) is 4.03. The zero-order valence-electron chi connectivity index (χ0n) is 12.2. The topological polar surface area (TPSA) is 29.3 Å². The van der Waals surface area contributed by atoms with Crippen molar-refractivity contribution in [2.75, 3.05) is 7.05 Å². The zero-order valence-corrected chi connectivity index (χ0v) is 13.8. The van der Waals surface area contributed by atoms with Gasteiger partial charge in [0, 0.05) is 23.2 Å². The first-order valence-corrected chi connectivity index (χ1v) is 7.61. The number of benzene rings is 2. The second-order valence-corrected chi connectivity index (χ2v) is 6.04. The van der Waals surface area contributed by atoms with Crippen LogP contribution in [0.15, 0.2) is 48.5 Å². The van der Waals surface area contributed by atoms with E-state index >= 15 is 0 Å². The van der Waals surface area contributed by atoms with Gasteiger partial charge in [0.2, 0.25) is 0 Å². The Bertz CT molecular complexity index is 642. The standard InChI is InChI=1S/C17H19ClN2S/c1-12(13-7-5-8-15(18)10-13)20(2)11-14-6-3-4-9-16(14)17(19)21/h3-10,12H,11H2,1-2H3,(H2,19,21).